The largest absolute Gasteiger partial charge is 0.354 e. The van der Waals surface area contributed by atoms with Gasteiger partial charge in [-0.3, -0.25) is 0 Å². The fourth-order valence-corrected chi connectivity index (χ4v) is 8.50. The quantitative estimate of drug-likeness (QED) is 0.0573. The van der Waals surface area contributed by atoms with Crippen molar-refractivity contribution < 1.29 is 0 Å². The fraction of sp³-hybridized carbons (Fsp3) is 0.766. The van der Waals surface area contributed by atoms with Crippen LogP contribution in [0.4, 0.5) is 17.8 Å². The molecule has 2 saturated heterocycles. The van der Waals surface area contributed by atoms with Crippen LogP contribution >= 0.6 is 0 Å². The number of benzene rings is 1. The molecule has 0 radical (unpaired) electrons. The summed E-state index contributed by atoms with van der Waals surface area (Å²) >= 11 is 0. The van der Waals surface area contributed by atoms with Gasteiger partial charge >= 0.3 is 0 Å². The van der Waals surface area contributed by atoms with Crippen LogP contribution in [-0.2, 0) is 13.0 Å². The minimum Gasteiger partial charge on any atom is -0.354 e. The summed E-state index contributed by atoms with van der Waals surface area (Å²) < 4.78 is 2.50. The molecule has 5 rings (SSSR count). The number of rotatable bonds is 23. The van der Waals surface area contributed by atoms with Gasteiger partial charge in [0, 0.05) is 135 Å². The van der Waals surface area contributed by atoms with Crippen molar-refractivity contribution in [1.29, 1.82) is 0 Å². The Bertz CT molecular complexity index is 1440. The van der Waals surface area contributed by atoms with E-state index in [1.165, 1.54) is 119 Å². The van der Waals surface area contributed by atoms with Crippen LogP contribution < -0.4 is 47.0 Å². The number of anilines is 3. The Hall–Kier alpha value is -3.07. The molecule has 2 aliphatic heterocycles. The Balaban J connectivity index is 1.13. The summed E-state index contributed by atoms with van der Waals surface area (Å²) in [5.74, 6) is 2.14. The summed E-state index contributed by atoms with van der Waals surface area (Å²) in [7, 11) is 0. The summed E-state index contributed by atoms with van der Waals surface area (Å²) in [5, 5.41) is 26.4. The van der Waals surface area contributed by atoms with E-state index in [1.54, 1.807) is 0 Å². The average Bonchev–Trinajstić information content (AvgIpc) is 3.61. The summed E-state index contributed by atoms with van der Waals surface area (Å²) in [4.78, 5) is 20.0. The number of aryl methyl sites for hydroxylation is 1. The fourth-order valence-electron chi connectivity index (χ4n) is 8.50. The highest BCUT2D eigenvalue weighted by Crippen LogP contribution is 2.24. The van der Waals surface area contributed by atoms with Gasteiger partial charge in [0.25, 0.3) is 0 Å². The predicted octanol–water partition coefficient (Wildman–Crippen LogP) is 5.92. The van der Waals surface area contributed by atoms with E-state index in [0.717, 1.165) is 136 Å². The van der Waals surface area contributed by atoms with Gasteiger partial charge in [-0.05, 0) is 24.5 Å². The molecular weight excluding hydrogens is 747 g/mol. The van der Waals surface area contributed by atoms with Crippen LogP contribution in [0.5, 0.6) is 0 Å². The molecule has 3 aromatic rings. The molecule has 13 heteroatoms. The van der Waals surface area contributed by atoms with Crippen LogP contribution in [-0.4, -0.2) is 131 Å². The van der Waals surface area contributed by atoms with Gasteiger partial charge in [0.15, 0.2) is 0 Å². The molecule has 7 N–H and O–H groups in total. The smallest absolute Gasteiger partial charge is 0.232 e. The highest BCUT2D eigenvalue weighted by molar-refractivity contribution is 5.84. The van der Waals surface area contributed by atoms with Crippen molar-refractivity contribution in [3.63, 3.8) is 0 Å². The van der Waals surface area contributed by atoms with E-state index in [4.69, 9.17) is 15.0 Å². The van der Waals surface area contributed by atoms with Crippen molar-refractivity contribution in [3.8, 4) is 0 Å². The molecule has 0 saturated carbocycles. The molecule has 0 spiro atoms. The van der Waals surface area contributed by atoms with Crippen molar-refractivity contribution >= 4 is 28.7 Å². The monoisotopic (exact) mass is 832 g/mol. The molecule has 1 aromatic carbocycles. The zero-order valence-corrected chi connectivity index (χ0v) is 37.8. The summed E-state index contributed by atoms with van der Waals surface area (Å²) in [6, 6.07) is 8.94. The first kappa shape index (κ1) is 48.0. The van der Waals surface area contributed by atoms with Crippen molar-refractivity contribution in [3.05, 3.63) is 36.0 Å². The average molecular weight is 832 g/mol. The lowest BCUT2D eigenvalue weighted by Crippen LogP contribution is -2.43. The van der Waals surface area contributed by atoms with Gasteiger partial charge in [-0.15, -0.1) is 0 Å². The van der Waals surface area contributed by atoms with E-state index in [9.17, 15) is 0 Å². The number of hydrogen-bond acceptors (Lipinski definition) is 12. The van der Waals surface area contributed by atoms with Gasteiger partial charge in [0.05, 0.1) is 0 Å². The molecule has 0 unspecified atom stereocenters. The maximum atomic E-state index is 5.16. The lowest BCUT2D eigenvalue weighted by molar-refractivity contribution is 0.522. The van der Waals surface area contributed by atoms with E-state index in [2.05, 4.69) is 89.0 Å². The van der Waals surface area contributed by atoms with Crippen LogP contribution in [0.1, 0.15) is 115 Å². The van der Waals surface area contributed by atoms with E-state index in [1.807, 2.05) is 0 Å². The second kappa shape index (κ2) is 30.9. The lowest BCUT2D eigenvalue weighted by Gasteiger charge is -2.28. The summed E-state index contributed by atoms with van der Waals surface area (Å²) in [6.07, 6.45) is 25.7. The third kappa shape index (κ3) is 18.9. The Morgan fingerprint density at radius 3 is 1.38 bits per heavy atom. The van der Waals surface area contributed by atoms with Gasteiger partial charge in [-0.1, -0.05) is 121 Å². The van der Waals surface area contributed by atoms with E-state index >= 15 is 0 Å². The number of aromatic nitrogens is 4. The predicted molar refractivity (Wildman–Crippen MR) is 255 cm³/mol. The second-order valence-electron chi connectivity index (χ2n) is 17.1. The molecule has 2 aliphatic rings. The first-order valence-electron chi connectivity index (χ1n) is 24.6. The van der Waals surface area contributed by atoms with Crippen molar-refractivity contribution in [2.24, 2.45) is 0 Å². The summed E-state index contributed by atoms with van der Waals surface area (Å²) in [5.41, 5.74) is 2.73. The molecule has 0 bridgehead atoms. The van der Waals surface area contributed by atoms with E-state index in [0.29, 0.717) is 5.95 Å². The van der Waals surface area contributed by atoms with Crippen molar-refractivity contribution in [2.45, 2.75) is 123 Å². The molecule has 0 aliphatic carbocycles. The first-order chi connectivity index (χ1) is 29.8. The van der Waals surface area contributed by atoms with E-state index in [-0.39, 0.29) is 0 Å². The lowest BCUT2D eigenvalue weighted by atomic mass is 10.0. The minimum atomic E-state index is 0.652. The van der Waals surface area contributed by atoms with Gasteiger partial charge in [0.2, 0.25) is 17.8 Å². The molecule has 2 fully saturated rings. The Morgan fingerprint density at radius 2 is 0.917 bits per heavy atom. The topological polar surface area (TPSA) is 134 Å². The number of hydrogen-bond donors (Lipinski definition) is 7. The molecular formula is C47H85N13. The molecule has 0 amide bonds. The maximum Gasteiger partial charge on any atom is 0.232 e. The number of para-hydroxylation sites is 1. The molecule has 13 nitrogen and oxygen atoms in total. The zero-order valence-electron chi connectivity index (χ0n) is 37.8. The van der Waals surface area contributed by atoms with Crippen LogP contribution in [0.25, 0.3) is 10.9 Å². The number of fused-ring (bicyclic) bond motifs is 1. The number of nitrogens with zero attached hydrogens (tertiary/aromatic N) is 6. The van der Waals surface area contributed by atoms with E-state index < -0.39 is 0 Å². The minimum absolute atomic E-state index is 0.652. The van der Waals surface area contributed by atoms with Gasteiger partial charge < -0.3 is 51.6 Å². The number of unbranched alkanes of at least 4 members (excludes halogenated alkanes) is 15. The normalized spacial score (nSPS) is 17.1. The highest BCUT2D eigenvalue weighted by atomic mass is 15.4. The van der Waals surface area contributed by atoms with Gasteiger partial charge in [-0.25, -0.2) is 0 Å². The highest BCUT2D eigenvalue weighted by Gasteiger charge is 2.19. The van der Waals surface area contributed by atoms with Crippen LogP contribution in [0.15, 0.2) is 30.5 Å². The zero-order chi connectivity index (χ0) is 41.6. The SMILES string of the molecule is CCCCCCCCCCCCCCCCCCn1cc(CCNc2nc(N3CCNCCNCCNCC3)nc(N3CCNCCNCCNCC3)n2)c2ccccc21. The third-order valence-electron chi connectivity index (χ3n) is 12.1. The van der Waals surface area contributed by atoms with Crippen molar-refractivity contribution in [2.75, 3.05) is 126 Å². The van der Waals surface area contributed by atoms with Crippen molar-refractivity contribution in [1.82, 2.24) is 51.4 Å². The molecule has 338 valence electrons. The van der Waals surface area contributed by atoms with Gasteiger partial charge in [-0.2, -0.15) is 15.0 Å². The molecule has 4 heterocycles. The van der Waals surface area contributed by atoms with Crippen LogP contribution in [0.2, 0.25) is 0 Å². The van der Waals surface area contributed by atoms with Crippen LogP contribution in [0, 0.1) is 0 Å². The summed E-state index contributed by atoms with van der Waals surface area (Å²) in [6.45, 7) is 18.6. The molecule has 2 aromatic heterocycles. The third-order valence-corrected chi connectivity index (χ3v) is 12.1. The standard InChI is InChI=1S/C47H85N13/c1-2-3-4-5-6-7-8-9-10-11-12-13-14-15-16-19-36-60-41-42(43-20-17-18-21-44(43)60)22-23-54-45-55-46(58-37-32-50-28-24-48-25-29-51-33-38-58)57-47(56-45)59-39-34-52-30-26-49-27-31-53-35-40-59/h17-18,20-21,41,48-53H,2-16,19,22-40H2,1H3,(H,54,55,56,57). The van der Waals surface area contributed by atoms with Crippen LogP contribution in [0.3, 0.4) is 0 Å². The molecule has 60 heavy (non-hydrogen) atoms. The van der Waals surface area contributed by atoms with Gasteiger partial charge in [0.1, 0.15) is 0 Å². The second-order valence-corrected chi connectivity index (χ2v) is 17.1. The maximum absolute atomic E-state index is 5.16. The molecule has 0 atom stereocenters. The first-order valence-corrected chi connectivity index (χ1v) is 24.6. The Labute approximate surface area is 364 Å². The Kier molecular flexibility index (Phi) is 24.7. The Morgan fingerprint density at radius 1 is 0.500 bits per heavy atom. The number of nitrogens with one attached hydrogen (secondary N) is 7.